The lowest BCUT2D eigenvalue weighted by atomic mass is 10.0. The Kier molecular flexibility index (Phi) is 4.65. The van der Waals surface area contributed by atoms with E-state index < -0.39 is 0 Å². The van der Waals surface area contributed by atoms with E-state index in [2.05, 4.69) is 11.9 Å². The monoisotopic (exact) mass is 347 g/mol. The van der Waals surface area contributed by atoms with E-state index >= 15 is 0 Å². The molecule has 6 heteroatoms. The van der Waals surface area contributed by atoms with Crippen LogP contribution in [0.15, 0.2) is 30.0 Å². The average Bonchev–Trinajstić information content (AvgIpc) is 2.80. The maximum absolute atomic E-state index is 13.0. The van der Waals surface area contributed by atoms with Crippen molar-refractivity contribution in [3.63, 3.8) is 0 Å². The second-order valence-electron chi connectivity index (χ2n) is 6.59. The summed E-state index contributed by atoms with van der Waals surface area (Å²) in [6, 6.07) is 6.95. The Morgan fingerprint density at radius 1 is 0.958 bits per heavy atom. The Morgan fingerprint density at radius 3 is 2.08 bits per heavy atom. The number of nitrogens with zero attached hydrogens (tertiary/aromatic N) is 3. The van der Waals surface area contributed by atoms with Crippen molar-refractivity contribution in [3.8, 4) is 0 Å². The molecule has 1 aromatic rings. The van der Waals surface area contributed by atoms with Crippen LogP contribution in [0.25, 0.3) is 5.57 Å². The molecule has 128 valence electrons. The number of imide groups is 1. The van der Waals surface area contributed by atoms with Crippen LogP contribution in [0, 0.1) is 0 Å². The zero-order chi connectivity index (χ0) is 17.4. The van der Waals surface area contributed by atoms with Gasteiger partial charge in [0.1, 0.15) is 5.70 Å². The summed E-state index contributed by atoms with van der Waals surface area (Å²) in [5.41, 5.74) is 1.77. The number of rotatable bonds is 3. The summed E-state index contributed by atoms with van der Waals surface area (Å²) in [5.74, 6) is -0.407. The van der Waals surface area contributed by atoms with E-state index in [1.54, 1.807) is 12.1 Å². The molecule has 0 N–H and O–H groups in total. The highest BCUT2D eigenvalue weighted by Gasteiger charge is 2.43. The van der Waals surface area contributed by atoms with Crippen molar-refractivity contribution in [1.82, 2.24) is 14.7 Å². The minimum absolute atomic E-state index is 0.169. The van der Waals surface area contributed by atoms with Gasteiger partial charge in [0, 0.05) is 37.2 Å². The molecule has 0 atom stereocenters. The third-order valence-electron chi connectivity index (χ3n) is 4.56. The minimum atomic E-state index is -0.216. The van der Waals surface area contributed by atoms with Crippen LogP contribution in [0.1, 0.15) is 19.4 Å². The van der Waals surface area contributed by atoms with Crippen molar-refractivity contribution >= 4 is 29.0 Å². The highest BCUT2D eigenvalue weighted by molar-refractivity contribution is 6.36. The topological polar surface area (TPSA) is 43.9 Å². The van der Waals surface area contributed by atoms with Crippen molar-refractivity contribution < 1.29 is 9.59 Å². The van der Waals surface area contributed by atoms with Crippen LogP contribution >= 0.6 is 11.6 Å². The predicted molar refractivity (Wildman–Crippen MR) is 94.4 cm³/mol. The molecule has 0 radical (unpaired) electrons. The van der Waals surface area contributed by atoms with E-state index in [9.17, 15) is 9.59 Å². The van der Waals surface area contributed by atoms with Crippen molar-refractivity contribution in [3.05, 3.63) is 40.5 Å². The Morgan fingerprint density at radius 2 is 1.54 bits per heavy atom. The normalized spacial score (nSPS) is 19.9. The fourth-order valence-corrected chi connectivity index (χ4v) is 3.33. The molecular weight excluding hydrogens is 326 g/mol. The molecule has 2 aliphatic heterocycles. The molecule has 2 amide bonds. The number of carbonyl (C=O) groups excluding carboxylic acids is 2. The average molecular weight is 348 g/mol. The highest BCUT2D eigenvalue weighted by atomic mass is 35.5. The van der Waals surface area contributed by atoms with Gasteiger partial charge in [0.2, 0.25) is 0 Å². The lowest BCUT2D eigenvalue weighted by molar-refractivity contribution is -0.139. The molecule has 24 heavy (non-hydrogen) atoms. The smallest absolute Gasteiger partial charge is 0.278 e. The second kappa shape index (κ2) is 6.57. The van der Waals surface area contributed by atoms with Gasteiger partial charge < -0.3 is 9.80 Å². The molecular formula is C18H22ClN3O2. The second-order valence-corrected chi connectivity index (χ2v) is 7.03. The summed E-state index contributed by atoms with van der Waals surface area (Å²) in [6.07, 6.45) is 0. The fraction of sp³-hybridized carbons (Fsp3) is 0.444. The fourth-order valence-electron chi connectivity index (χ4n) is 3.20. The maximum Gasteiger partial charge on any atom is 0.278 e. The van der Waals surface area contributed by atoms with Gasteiger partial charge in [-0.15, -0.1) is 0 Å². The molecule has 1 aromatic carbocycles. The van der Waals surface area contributed by atoms with Gasteiger partial charge >= 0.3 is 0 Å². The van der Waals surface area contributed by atoms with Gasteiger partial charge in [-0.25, -0.2) is 0 Å². The summed E-state index contributed by atoms with van der Waals surface area (Å²) in [7, 11) is 2.06. The van der Waals surface area contributed by atoms with Crippen LogP contribution in [0.3, 0.4) is 0 Å². The molecule has 0 spiro atoms. The molecule has 2 aliphatic rings. The molecule has 0 saturated carbocycles. The van der Waals surface area contributed by atoms with E-state index in [0.29, 0.717) is 16.3 Å². The van der Waals surface area contributed by atoms with Gasteiger partial charge in [-0.3, -0.25) is 14.5 Å². The molecule has 0 aromatic heterocycles. The van der Waals surface area contributed by atoms with Gasteiger partial charge in [0.05, 0.1) is 5.57 Å². The van der Waals surface area contributed by atoms with E-state index in [-0.39, 0.29) is 17.9 Å². The molecule has 1 saturated heterocycles. The molecule has 0 bridgehead atoms. The Hall–Kier alpha value is -1.85. The van der Waals surface area contributed by atoms with Crippen LogP contribution in [0.5, 0.6) is 0 Å². The van der Waals surface area contributed by atoms with Crippen LogP contribution in [-0.4, -0.2) is 65.8 Å². The van der Waals surface area contributed by atoms with Gasteiger partial charge in [0.15, 0.2) is 0 Å². The highest BCUT2D eigenvalue weighted by Crippen LogP contribution is 2.33. The first-order chi connectivity index (χ1) is 11.4. The predicted octanol–water partition coefficient (Wildman–Crippen LogP) is 2.08. The van der Waals surface area contributed by atoms with Gasteiger partial charge in [0.25, 0.3) is 11.8 Å². The zero-order valence-electron chi connectivity index (χ0n) is 14.3. The quantitative estimate of drug-likeness (QED) is 0.785. The molecule has 0 unspecified atom stereocenters. The number of hydrogen-bond donors (Lipinski definition) is 0. The lowest BCUT2D eigenvalue weighted by Gasteiger charge is -2.34. The Balaban J connectivity index is 2.07. The lowest BCUT2D eigenvalue weighted by Crippen LogP contribution is -2.46. The molecule has 0 aliphatic carbocycles. The van der Waals surface area contributed by atoms with E-state index in [4.69, 9.17) is 11.6 Å². The van der Waals surface area contributed by atoms with Gasteiger partial charge in [-0.2, -0.15) is 0 Å². The number of amides is 2. The van der Waals surface area contributed by atoms with Crippen LogP contribution in [0.2, 0.25) is 5.02 Å². The molecule has 5 nitrogen and oxygen atoms in total. The van der Waals surface area contributed by atoms with E-state index in [1.165, 1.54) is 4.90 Å². The maximum atomic E-state index is 13.0. The molecule has 1 fully saturated rings. The third-order valence-corrected chi connectivity index (χ3v) is 4.81. The van der Waals surface area contributed by atoms with Crippen molar-refractivity contribution in [2.45, 2.75) is 19.9 Å². The Labute approximate surface area is 147 Å². The standard InChI is InChI=1S/C18H22ClN3O2/c1-12(2)22-17(23)15(13-4-6-14(19)7-5-13)16(18(22)24)21-10-8-20(3)9-11-21/h4-7,12H,8-11H2,1-3H3. The van der Waals surface area contributed by atoms with Crippen LogP contribution < -0.4 is 0 Å². The summed E-state index contributed by atoms with van der Waals surface area (Å²) in [6.45, 7) is 6.97. The number of halogens is 1. The van der Waals surface area contributed by atoms with Gasteiger partial charge in [-0.1, -0.05) is 23.7 Å². The Bertz CT molecular complexity index is 689. The number of likely N-dealkylation sites (N-methyl/N-ethyl adjacent to an activating group) is 1. The van der Waals surface area contributed by atoms with Crippen molar-refractivity contribution in [2.24, 2.45) is 0 Å². The largest absolute Gasteiger partial charge is 0.364 e. The SMILES string of the molecule is CC(C)N1C(=O)C(c2ccc(Cl)cc2)=C(N2CCN(C)CC2)C1=O. The van der Waals surface area contributed by atoms with Crippen LogP contribution in [0.4, 0.5) is 0 Å². The molecule has 3 rings (SSSR count). The number of carbonyl (C=O) groups is 2. The number of piperazine rings is 1. The first-order valence-corrected chi connectivity index (χ1v) is 8.59. The minimum Gasteiger partial charge on any atom is -0.364 e. The summed E-state index contributed by atoms with van der Waals surface area (Å²) in [4.78, 5) is 31.5. The third kappa shape index (κ3) is 2.94. The van der Waals surface area contributed by atoms with E-state index in [1.807, 2.05) is 30.9 Å². The first kappa shape index (κ1) is 17.0. The van der Waals surface area contributed by atoms with Crippen LogP contribution in [-0.2, 0) is 9.59 Å². The summed E-state index contributed by atoms with van der Waals surface area (Å²) in [5, 5.41) is 0.609. The first-order valence-electron chi connectivity index (χ1n) is 8.21. The van der Waals surface area contributed by atoms with E-state index in [0.717, 1.165) is 31.7 Å². The van der Waals surface area contributed by atoms with Crippen molar-refractivity contribution in [1.29, 1.82) is 0 Å². The van der Waals surface area contributed by atoms with Crippen molar-refractivity contribution in [2.75, 3.05) is 33.2 Å². The number of benzene rings is 1. The number of hydrogen-bond acceptors (Lipinski definition) is 4. The molecule has 2 heterocycles. The zero-order valence-corrected chi connectivity index (χ0v) is 15.0. The summed E-state index contributed by atoms with van der Waals surface area (Å²) < 4.78 is 0. The van der Waals surface area contributed by atoms with Gasteiger partial charge in [-0.05, 0) is 38.6 Å². The summed E-state index contributed by atoms with van der Waals surface area (Å²) >= 11 is 5.97.